The first-order valence-electron chi connectivity index (χ1n) is 6.16. The number of carbonyl (C=O) groups is 2. The highest BCUT2D eigenvalue weighted by atomic mass is 32.1. The molecule has 0 saturated carbocycles. The third-order valence-electron chi connectivity index (χ3n) is 3.04. The van der Waals surface area contributed by atoms with Gasteiger partial charge in [-0.15, -0.1) is 10.2 Å². The van der Waals surface area contributed by atoms with Crippen LogP contribution < -0.4 is 5.32 Å². The predicted molar refractivity (Wildman–Crippen MR) is 70.3 cm³/mol. The molecular weight excluding hydrogens is 268 g/mol. The minimum atomic E-state index is -0.878. The Morgan fingerprint density at radius 3 is 2.89 bits per heavy atom. The largest absolute Gasteiger partial charge is 0.481 e. The number of carbonyl (C=O) groups excluding carboxylic acids is 1. The predicted octanol–water partition coefficient (Wildman–Crippen LogP) is 1.71. The number of hydrogen-bond donors (Lipinski definition) is 2. The molecule has 0 aliphatic carbocycles. The highest BCUT2D eigenvalue weighted by Crippen LogP contribution is 2.22. The van der Waals surface area contributed by atoms with Gasteiger partial charge in [-0.1, -0.05) is 11.3 Å². The molecule has 7 nitrogen and oxygen atoms in total. The summed E-state index contributed by atoms with van der Waals surface area (Å²) < 4.78 is 0. The van der Waals surface area contributed by atoms with Gasteiger partial charge in [0.25, 0.3) is 0 Å². The summed E-state index contributed by atoms with van der Waals surface area (Å²) in [6, 6.07) is -0.526. The minimum absolute atomic E-state index is 0.0113. The lowest BCUT2D eigenvalue weighted by atomic mass is 10.00. The Morgan fingerprint density at radius 2 is 2.26 bits per heavy atom. The summed E-state index contributed by atoms with van der Waals surface area (Å²) in [6.45, 7) is 2.39. The van der Waals surface area contributed by atoms with E-state index in [0.29, 0.717) is 11.7 Å². The Kier molecular flexibility index (Phi) is 4.31. The van der Waals surface area contributed by atoms with Crippen LogP contribution in [0.3, 0.4) is 0 Å². The third kappa shape index (κ3) is 3.63. The van der Waals surface area contributed by atoms with Gasteiger partial charge >= 0.3 is 12.0 Å². The third-order valence-corrected chi connectivity index (χ3v) is 3.79. The average molecular weight is 284 g/mol. The average Bonchev–Trinajstić information content (AvgIpc) is 2.74. The number of amides is 2. The van der Waals surface area contributed by atoms with Crippen LogP contribution in [0.4, 0.5) is 9.93 Å². The number of urea groups is 1. The molecular formula is C11H16N4O3S. The maximum Gasteiger partial charge on any atom is 0.323 e. The van der Waals surface area contributed by atoms with Crippen LogP contribution in [-0.4, -0.2) is 44.8 Å². The van der Waals surface area contributed by atoms with Gasteiger partial charge in [-0.05, 0) is 26.2 Å². The molecule has 0 radical (unpaired) electrons. The molecule has 2 amide bonds. The number of aliphatic carboxylic acids is 1. The van der Waals surface area contributed by atoms with E-state index in [9.17, 15) is 9.59 Å². The highest BCUT2D eigenvalue weighted by molar-refractivity contribution is 7.15. The lowest BCUT2D eigenvalue weighted by Crippen LogP contribution is -2.46. The van der Waals surface area contributed by atoms with Gasteiger partial charge in [0.1, 0.15) is 5.01 Å². The van der Waals surface area contributed by atoms with Crippen LogP contribution >= 0.6 is 11.3 Å². The number of piperidine rings is 1. The van der Waals surface area contributed by atoms with E-state index < -0.39 is 5.97 Å². The number of aryl methyl sites for hydroxylation is 1. The molecule has 1 saturated heterocycles. The Morgan fingerprint density at radius 1 is 1.47 bits per heavy atom. The fraction of sp³-hybridized carbons (Fsp3) is 0.636. The molecule has 1 unspecified atom stereocenters. The molecule has 2 N–H and O–H groups in total. The minimum Gasteiger partial charge on any atom is -0.481 e. The van der Waals surface area contributed by atoms with Gasteiger partial charge in [0.2, 0.25) is 5.13 Å². The Hall–Kier alpha value is -1.70. The van der Waals surface area contributed by atoms with Crippen LogP contribution in [0, 0.1) is 6.92 Å². The van der Waals surface area contributed by atoms with E-state index in [1.54, 1.807) is 11.8 Å². The van der Waals surface area contributed by atoms with E-state index in [1.807, 2.05) is 0 Å². The summed E-state index contributed by atoms with van der Waals surface area (Å²) in [5, 5.41) is 20.4. The molecule has 0 aromatic carbocycles. The van der Waals surface area contributed by atoms with Gasteiger partial charge in [0.05, 0.1) is 6.42 Å². The molecule has 1 aliphatic heterocycles. The molecule has 104 valence electrons. The molecule has 1 aromatic heterocycles. The first kappa shape index (κ1) is 13.7. The Labute approximate surface area is 114 Å². The number of anilines is 1. The summed E-state index contributed by atoms with van der Waals surface area (Å²) in [5.41, 5.74) is 0. The molecule has 0 bridgehead atoms. The van der Waals surface area contributed by atoms with Crippen LogP contribution in [0.15, 0.2) is 0 Å². The first-order valence-corrected chi connectivity index (χ1v) is 6.97. The summed E-state index contributed by atoms with van der Waals surface area (Å²) in [4.78, 5) is 24.5. The van der Waals surface area contributed by atoms with Crippen molar-refractivity contribution in [2.24, 2.45) is 0 Å². The number of rotatable bonds is 3. The van der Waals surface area contributed by atoms with Crippen molar-refractivity contribution in [1.82, 2.24) is 15.1 Å². The summed E-state index contributed by atoms with van der Waals surface area (Å²) in [5.74, 6) is -0.878. The SMILES string of the molecule is Cc1nnc(NC(=O)N2CCCCC2CC(=O)O)s1. The number of carboxylic acid groups (broad SMARTS) is 1. The monoisotopic (exact) mass is 284 g/mol. The zero-order valence-electron chi connectivity index (χ0n) is 10.6. The number of hydrogen-bond acceptors (Lipinski definition) is 5. The normalized spacial score (nSPS) is 19.2. The molecule has 19 heavy (non-hydrogen) atoms. The smallest absolute Gasteiger partial charge is 0.323 e. The molecule has 1 atom stereocenters. The summed E-state index contributed by atoms with van der Waals surface area (Å²) in [6.07, 6.45) is 2.58. The van der Waals surface area contributed by atoms with E-state index in [4.69, 9.17) is 5.11 Å². The second kappa shape index (κ2) is 5.96. The standard InChI is InChI=1S/C11H16N4O3S/c1-7-13-14-10(19-7)12-11(18)15-5-3-2-4-8(15)6-9(16)17/h8H,2-6H2,1H3,(H,16,17)(H,12,14,18). The van der Waals surface area contributed by atoms with E-state index in [0.717, 1.165) is 24.3 Å². The molecule has 2 rings (SSSR count). The quantitative estimate of drug-likeness (QED) is 0.881. The molecule has 1 fully saturated rings. The maximum atomic E-state index is 12.1. The molecule has 0 spiro atoms. The van der Waals surface area contributed by atoms with Crippen molar-refractivity contribution in [2.75, 3.05) is 11.9 Å². The van der Waals surface area contributed by atoms with Crippen molar-refractivity contribution < 1.29 is 14.7 Å². The lowest BCUT2D eigenvalue weighted by Gasteiger charge is -2.34. The second-order valence-electron chi connectivity index (χ2n) is 4.50. The van der Waals surface area contributed by atoms with Gasteiger partial charge in [-0.25, -0.2) is 4.79 Å². The number of carboxylic acids is 1. The zero-order valence-corrected chi connectivity index (χ0v) is 11.4. The fourth-order valence-corrected chi connectivity index (χ4v) is 2.77. The van der Waals surface area contributed by atoms with Crippen molar-refractivity contribution >= 4 is 28.5 Å². The van der Waals surface area contributed by atoms with Crippen LogP contribution in [0.25, 0.3) is 0 Å². The summed E-state index contributed by atoms with van der Waals surface area (Å²) >= 11 is 1.30. The highest BCUT2D eigenvalue weighted by Gasteiger charge is 2.28. The number of aromatic nitrogens is 2. The van der Waals surface area contributed by atoms with E-state index >= 15 is 0 Å². The van der Waals surface area contributed by atoms with E-state index in [-0.39, 0.29) is 18.5 Å². The van der Waals surface area contributed by atoms with Gasteiger partial charge in [-0.3, -0.25) is 10.1 Å². The molecule has 2 heterocycles. The van der Waals surface area contributed by atoms with Crippen LogP contribution in [0.5, 0.6) is 0 Å². The lowest BCUT2D eigenvalue weighted by molar-refractivity contribution is -0.138. The van der Waals surface area contributed by atoms with Gasteiger partial charge < -0.3 is 10.0 Å². The Balaban J connectivity index is 2.00. The van der Waals surface area contributed by atoms with Crippen LogP contribution in [0.1, 0.15) is 30.7 Å². The number of nitrogens with zero attached hydrogens (tertiary/aromatic N) is 3. The van der Waals surface area contributed by atoms with Crippen LogP contribution in [-0.2, 0) is 4.79 Å². The van der Waals surface area contributed by atoms with Crippen LogP contribution in [0.2, 0.25) is 0 Å². The van der Waals surface area contributed by atoms with Gasteiger partial charge in [0.15, 0.2) is 0 Å². The zero-order chi connectivity index (χ0) is 13.8. The fourth-order valence-electron chi connectivity index (χ4n) is 2.19. The van der Waals surface area contributed by atoms with Crippen molar-refractivity contribution in [3.8, 4) is 0 Å². The first-order chi connectivity index (χ1) is 9.06. The van der Waals surface area contributed by atoms with E-state index in [2.05, 4.69) is 15.5 Å². The molecule has 8 heteroatoms. The molecule has 1 aliphatic rings. The second-order valence-corrected chi connectivity index (χ2v) is 5.68. The topological polar surface area (TPSA) is 95.4 Å². The number of likely N-dealkylation sites (tertiary alicyclic amines) is 1. The van der Waals surface area contributed by atoms with Crippen molar-refractivity contribution in [3.05, 3.63) is 5.01 Å². The number of nitrogens with one attached hydrogen (secondary N) is 1. The Bertz CT molecular complexity index is 476. The summed E-state index contributed by atoms with van der Waals surface area (Å²) in [7, 11) is 0. The maximum absolute atomic E-state index is 12.1. The van der Waals surface area contributed by atoms with Crippen molar-refractivity contribution in [1.29, 1.82) is 0 Å². The van der Waals surface area contributed by atoms with Gasteiger partial charge in [-0.2, -0.15) is 0 Å². The van der Waals surface area contributed by atoms with Gasteiger partial charge in [0, 0.05) is 12.6 Å². The van der Waals surface area contributed by atoms with E-state index in [1.165, 1.54) is 11.3 Å². The van der Waals surface area contributed by atoms with Crippen molar-refractivity contribution in [3.63, 3.8) is 0 Å². The van der Waals surface area contributed by atoms with Crippen molar-refractivity contribution in [2.45, 2.75) is 38.6 Å². The molecule has 1 aromatic rings.